The summed E-state index contributed by atoms with van der Waals surface area (Å²) in [5.41, 5.74) is 0.991. The van der Waals surface area contributed by atoms with Crippen LogP contribution in [0.25, 0.3) is 15.9 Å². The lowest BCUT2D eigenvalue weighted by Gasteiger charge is -2.12. The summed E-state index contributed by atoms with van der Waals surface area (Å²) in [6, 6.07) is 16.9. The largest absolute Gasteiger partial charge is 0.336 e. The number of amides is 2. The molecule has 0 aliphatic rings. The van der Waals surface area contributed by atoms with Crippen LogP contribution in [0.4, 0.5) is 11.4 Å². The minimum absolute atomic E-state index is 0.190. The average Bonchev–Trinajstić information content (AvgIpc) is 3.23. The van der Waals surface area contributed by atoms with Gasteiger partial charge in [-0.25, -0.2) is 9.36 Å². The molecule has 0 spiro atoms. The van der Waals surface area contributed by atoms with Crippen LogP contribution in [0.1, 0.15) is 6.92 Å². The van der Waals surface area contributed by atoms with Crippen LogP contribution in [-0.2, 0) is 16.1 Å². The van der Waals surface area contributed by atoms with E-state index in [1.165, 1.54) is 22.8 Å². The maximum absolute atomic E-state index is 13.1. The predicted octanol–water partition coefficient (Wildman–Crippen LogP) is 2.81. The third-order valence-electron chi connectivity index (χ3n) is 4.56. The number of anilines is 2. The molecule has 31 heavy (non-hydrogen) atoms. The smallest absolute Gasteiger partial charge is 0.326 e. The number of para-hydroxylation sites is 1. The van der Waals surface area contributed by atoms with Gasteiger partial charge in [-0.3, -0.25) is 19.0 Å². The Balaban J connectivity index is 1.66. The molecule has 9 heteroatoms. The first-order valence-electron chi connectivity index (χ1n) is 9.40. The summed E-state index contributed by atoms with van der Waals surface area (Å²) in [7, 11) is 0. The standard InChI is InChI=1S/C22H18N4O4S/c1-14(27)23-15-7-9-16(10-8-15)24-19(28)13-25-18-11-12-31-20(18)21(29)26(22(25)30)17-5-3-2-4-6-17/h2-12H,13H2,1H3,(H,23,27)(H,24,28). The second-order valence-electron chi connectivity index (χ2n) is 6.79. The molecule has 2 aromatic heterocycles. The zero-order valence-electron chi connectivity index (χ0n) is 16.5. The molecule has 0 saturated heterocycles. The van der Waals surface area contributed by atoms with Crippen LogP contribution in [0, 0.1) is 0 Å². The Morgan fingerprint density at radius 1 is 0.903 bits per heavy atom. The minimum Gasteiger partial charge on any atom is -0.326 e. The lowest BCUT2D eigenvalue weighted by molar-refractivity contribution is -0.117. The molecule has 2 N–H and O–H groups in total. The summed E-state index contributed by atoms with van der Waals surface area (Å²) in [4.78, 5) is 49.8. The van der Waals surface area contributed by atoms with Gasteiger partial charge in [0.05, 0.1) is 11.2 Å². The van der Waals surface area contributed by atoms with Crippen molar-refractivity contribution in [2.24, 2.45) is 0 Å². The highest BCUT2D eigenvalue weighted by atomic mass is 32.1. The molecular weight excluding hydrogens is 416 g/mol. The molecular formula is C22H18N4O4S. The van der Waals surface area contributed by atoms with Crippen molar-refractivity contribution in [3.05, 3.63) is 86.9 Å². The van der Waals surface area contributed by atoms with Gasteiger partial charge in [0.2, 0.25) is 11.8 Å². The van der Waals surface area contributed by atoms with Gasteiger partial charge in [-0.15, -0.1) is 11.3 Å². The maximum atomic E-state index is 13.1. The minimum atomic E-state index is -0.585. The number of hydrogen-bond donors (Lipinski definition) is 2. The Bertz CT molecular complexity index is 1390. The lowest BCUT2D eigenvalue weighted by atomic mass is 10.2. The zero-order chi connectivity index (χ0) is 22.0. The van der Waals surface area contributed by atoms with E-state index in [9.17, 15) is 19.2 Å². The van der Waals surface area contributed by atoms with E-state index < -0.39 is 17.2 Å². The van der Waals surface area contributed by atoms with Crippen molar-refractivity contribution < 1.29 is 9.59 Å². The van der Waals surface area contributed by atoms with Crippen LogP contribution in [0.15, 0.2) is 75.6 Å². The van der Waals surface area contributed by atoms with Crippen LogP contribution in [0.2, 0.25) is 0 Å². The Morgan fingerprint density at radius 3 is 2.19 bits per heavy atom. The van der Waals surface area contributed by atoms with Crippen molar-refractivity contribution in [1.29, 1.82) is 0 Å². The SMILES string of the molecule is CC(=O)Nc1ccc(NC(=O)Cn2c(=O)n(-c3ccccc3)c(=O)c3sccc32)cc1. The summed E-state index contributed by atoms with van der Waals surface area (Å²) < 4.78 is 2.77. The molecule has 4 aromatic rings. The lowest BCUT2D eigenvalue weighted by Crippen LogP contribution is -2.40. The van der Waals surface area contributed by atoms with Gasteiger partial charge in [-0.05, 0) is 47.8 Å². The van der Waals surface area contributed by atoms with Gasteiger partial charge < -0.3 is 10.6 Å². The summed E-state index contributed by atoms with van der Waals surface area (Å²) in [5.74, 6) is -0.607. The molecule has 8 nitrogen and oxygen atoms in total. The number of nitrogens with zero attached hydrogens (tertiary/aromatic N) is 2. The molecule has 0 unspecified atom stereocenters. The number of benzene rings is 2. The van der Waals surface area contributed by atoms with Crippen LogP contribution < -0.4 is 21.9 Å². The van der Waals surface area contributed by atoms with Crippen LogP contribution in [0.3, 0.4) is 0 Å². The van der Waals surface area contributed by atoms with Crippen molar-refractivity contribution in [3.8, 4) is 5.69 Å². The van der Waals surface area contributed by atoms with E-state index in [4.69, 9.17) is 0 Å². The molecule has 156 valence electrons. The zero-order valence-corrected chi connectivity index (χ0v) is 17.3. The number of carbonyl (C=O) groups is 2. The number of thiophene rings is 1. The first-order valence-corrected chi connectivity index (χ1v) is 10.3. The Kier molecular flexibility index (Phi) is 5.50. The summed E-state index contributed by atoms with van der Waals surface area (Å²) in [5, 5.41) is 7.10. The Labute approximate surface area is 180 Å². The number of nitrogens with one attached hydrogen (secondary N) is 2. The van der Waals surface area contributed by atoms with E-state index in [1.54, 1.807) is 66.0 Å². The molecule has 0 atom stereocenters. The van der Waals surface area contributed by atoms with Gasteiger partial charge in [-0.1, -0.05) is 18.2 Å². The molecule has 4 rings (SSSR count). The van der Waals surface area contributed by atoms with E-state index in [0.29, 0.717) is 27.3 Å². The monoisotopic (exact) mass is 434 g/mol. The predicted molar refractivity (Wildman–Crippen MR) is 121 cm³/mol. The van der Waals surface area contributed by atoms with Gasteiger partial charge in [0.1, 0.15) is 11.2 Å². The summed E-state index contributed by atoms with van der Waals surface area (Å²) in [6.07, 6.45) is 0. The van der Waals surface area contributed by atoms with Crippen molar-refractivity contribution in [2.75, 3.05) is 10.6 Å². The number of aromatic nitrogens is 2. The fourth-order valence-corrected chi connectivity index (χ4v) is 4.05. The number of fused-ring (bicyclic) bond motifs is 1. The van der Waals surface area contributed by atoms with Gasteiger partial charge in [0.15, 0.2) is 0 Å². The van der Waals surface area contributed by atoms with Crippen molar-refractivity contribution >= 4 is 44.7 Å². The Morgan fingerprint density at radius 2 is 1.55 bits per heavy atom. The molecule has 0 radical (unpaired) electrons. The van der Waals surface area contributed by atoms with Crippen LogP contribution in [-0.4, -0.2) is 20.9 Å². The van der Waals surface area contributed by atoms with Crippen molar-refractivity contribution in [2.45, 2.75) is 13.5 Å². The Hall–Kier alpha value is -3.98. The molecule has 0 bridgehead atoms. The summed E-state index contributed by atoms with van der Waals surface area (Å²) >= 11 is 1.22. The fourth-order valence-electron chi connectivity index (χ4n) is 3.23. The van der Waals surface area contributed by atoms with Gasteiger partial charge in [0, 0.05) is 18.3 Å². The first-order chi connectivity index (χ1) is 14.9. The average molecular weight is 434 g/mol. The van der Waals surface area contributed by atoms with E-state index in [0.717, 1.165) is 4.57 Å². The van der Waals surface area contributed by atoms with Gasteiger partial charge in [0.25, 0.3) is 5.56 Å². The third kappa shape index (κ3) is 4.17. The normalized spacial score (nSPS) is 10.7. The molecule has 2 amide bonds. The highest BCUT2D eigenvalue weighted by Gasteiger charge is 2.17. The van der Waals surface area contributed by atoms with Crippen molar-refractivity contribution in [1.82, 2.24) is 9.13 Å². The van der Waals surface area contributed by atoms with Crippen LogP contribution >= 0.6 is 11.3 Å². The van der Waals surface area contributed by atoms with E-state index >= 15 is 0 Å². The first kappa shape index (κ1) is 20.3. The highest BCUT2D eigenvalue weighted by molar-refractivity contribution is 7.17. The molecule has 2 heterocycles. The van der Waals surface area contributed by atoms with E-state index in [2.05, 4.69) is 10.6 Å². The number of hydrogen-bond acceptors (Lipinski definition) is 5. The molecule has 0 saturated carbocycles. The summed E-state index contributed by atoms with van der Waals surface area (Å²) in [6.45, 7) is 1.15. The molecule has 2 aromatic carbocycles. The van der Waals surface area contributed by atoms with Gasteiger partial charge in [-0.2, -0.15) is 0 Å². The topological polar surface area (TPSA) is 102 Å². The van der Waals surface area contributed by atoms with Crippen LogP contribution in [0.5, 0.6) is 0 Å². The highest BCUT2D eigenvalue weighted by Crippen LogP contribution is 2.17. The fraction of sp³-hybridized carbons (Fsp3) is 0.0909. The van der Waals surface area contributed by atoms with E-state index in [-0.39, 0.29) is 12.5 Å². The van der Waals surface area contributed by atoms with Crippen molar-refractivity contribution in [3.63, 3.8) is 0 Å². The second-order valence-corrected chi connectivity index (χ2v) is 7.70. The maximum Gasteiger partial charge on any atom is 0.336 e. The third-order valence-corrected chi connectivity index (χ3v) is 5.45. The number of carbonyl (C=O) groups excluding carboxylic acids is 2. The molecule has 0 aliphatic carbocycles. The second kappa shape index (κ2) is 8.41. The quantitative estimate of drug-likeness (QED) is 0.504. The molecule has 0 aliphatic heterocycles. The van der Waals surface area contributed by atoms with E-state index in [1.807, 2.05) is 0 Å². The van der Waals surface area contributed by atoms with Gasteiger partial charge >= 0.3 is 5.69 Å². The molecule has 0 fully saturated rings. The number of rotatable bonds is 5.